The van der Waals surface area contributed by atoms with Crippen molar-refractivity contribution in [2.24, 2.45) is 0 Å². The van der Waals surface area contributed by atoms with Crippen LogP contribution in [0.4, 0.5) is 10.5 Å². The van der Waals surface area contributed by atoms with Gasteiger partial charge >= 0.3 is 12.0 Å². The van der Waals surface area contributed by atoms with Crippen molar-refractivity contribution in [2.45, 2.75) is 26.4 Å². The van der Waals surface area contributed by atoms with Crippen molar-refractivity contribution in [1.29, 1.82) is 0 Å². The summed E-state index contributed by atoms with van der Waals surface area (Å²) in [6.45, 7) is 4.40. The lowest BCUT2D eigenvalue weighted by Gasteiger charge is -2.22. The van der Waals surface area contributed by atoms with Crippen LogP contribution in [0.1, 0.15) is 18.9 Å². The standard InChI is InChI=1S/C14H20N2O4/c1-3-16(11-6-4-5-10(2)9-11)14(20)15-8-7-12(17)13(18)19/h4-6,9,12,17H,3,7-8H2,1-2H3,(H,15,20)(H,18,19). The first kappa shape index (κ1) is 16.0. The van der Waals surface area contributed by atoms with E-state index in [-0.39, 0.29) is 19.0 Å². The third-order valence-electron chi connectivity index (χ3n) is 2.85. The number of carboxylic acid groups (broad SMARTS) is 1. The highest BCUT2D eigenvalue weighted by Crippen LogP contribution is 2.15. The normalized spacial score (nSPS) is 11.8. The quantitative estimate of drug-likeness (QED) is 0.734. The Morgan fingerprint density at radius 3 is 2.65 bits per heavy atom. The molecule has 0 fully saturated rings. The van der Waals surface area contributed by atoms with Gasteiger partial charge in [-0.05, 0) is 31.5 Å². The number of aliphatic hydroxyl groups is 1. The Morgan fingerprint density at radius 1 is 1.40 bits per heavy atom. The fourth-order valence-corrected chi connectivity index (χ4v) is 1.77. The van der Waals surface area contributed by atoms with E-state index in [0.29, 0.717) is 6.54 Å². The maximum Gasteiger partial charge on any atom is 0.332 e. The molecule has 1 unspecified atom stereocenters. The van der Waals surface area contributed by atoms with Crippen LogP contribution in [0, 0.1) is 6.92 Å². The smallest absolute Gasteiger partial charge is 0.332 e. The number of nitrogens with one attached hydrogen (secondary N) is 1. The molecule has 1 aromatic carbocycles. The van der Waals surface area contributed by atoms with Crippen LogP contribution in [0.2, 0.25) is 0 Å². The highest BCUT2D eigenvalue weighted by atomic mass is 16.4. The number of aryl methyl sites for hydroxylation is 1. The van der Waals surface area contributed by atoms with Crippen LogP contribution in [-0.2, 0) is 4.79 Å². The van der Waals surface area contributed by atoms with E-state index in [1.807, 2.05) is 38.1 Å². The zero-order valence-corrected chi connectivity index (χ0v) is 11.7. The van der Waals surface area contributed by atoms with Gasteiger partial charge in [0, 0.05) is 25.2 Å². The van der Waals surface area contributed by atoms with Crippen LogP contribution in [0.3, 0.4) is 0 Å². The molecule has 0 aromatic heterocycles. The number of aliphatic carboxylic acids is 1. The van der Waals surface area contributed by atoms with Crippen molar-refractivity contribution in [3.8, 4) is 0 Å². The molecule has 0 heterocycles. The minimum atomic E-state index is -1.45. The van der Waals surface area contributed by atoms with Gasteiger partial charge in [-0.15, -0.1) is 0 Å². The number of anilines is 1. The summed E-state index contributed by atoms with van der Waals surface area (Å²) in [5.74, 6) is -1.29. The largest absolute Gasteiger partial charge is 0.479 e. The number of carbonyl (C=O) groups is 2. The zero-order chi connectivity index (χ0) is 15.1. The third kappa shape index (κ3) is 4.55. The first-order chi connectivity index (χ1) is 9.45. The number of hydrogen-bond acceptors (Lipinski definition) is 3. The number of aliphatic hydroxyl groups excluding tert-OH is 1. The molecule has 1 rings (SSSR count). The Morgan fingerprint density at radius 2 is 2.10 bits per heavy atom. The molecule has 0 spiro atoms. The van der Waals surface area contributed by atoms with Gasteiger partial charge in [-0.3, -0.25) is 4.90 Å². The SMILES string of the molecule is CCN(C(=O)NCCC(O)C(=O)O)c1cccc(C)c1. The van der Waals surface area contributed by atoms with E-state index < -0.39 is 12.1 Å². The summed E-state index contributed by atoms with van der Waals surface area (Å²) >= 11 is 0. The highest BCUT2D eigenvalue weighted by Gasteiger charge is 2.16. The van der Waals surface area contributed by atoms with E-state index in [0.717, 1.165) is 11.3 Å². The van der Waals surface area contributed by atoms with E-state index in [4.69, 9.17) is 10.2 Å². The summed E-state index contributed by atoms with van der Waals surface area (Å²) in [4.78, 5) is 24.0. The van der Waals surface area contributed by atoms with Crippen molar-refractivity contribution >= 4 is 17.7 Å². The second-order valence-corrected chi connectivity index (χ2v) is 4.46. The van der Waals surface area contributed by atoms with Gasteiger partial charge in [0.15, 0.2) is 6.10 Å². The van der Waals surface area contributed by atoms with Crippen molar-refractivity contribution in [1.82, 2.24) is 5.32 Å². The number of carboxylic acids is 1. The summed E-state index contributed by atoms with van der Waals surface area (Å²) in [7, 11) is 0. The predicted molar refractivity (Wildman–Crippen MR) is 75.9 cm³/mol. The van der Waals surface area contributed by atoms with E-state index in [1.54, 1.807) is 4.90 Å². The Hall–Kier alpha value is -2.08. The van der Waals surface area contributed by atoms with Crippen LogP contribution >= 0.6 is 0 Å². The van der Waals surface area contributed by atoms with Gasteiger partial charge in [-0.25, -0.2) is 9.59 Å². The molecule has 0 saturated heterocycles. The van der Waals surface area contributed by atoms with Crippen LogP contribution in [0.25, 0.3) is 0 Å². The molecule has 0 bridgehead atoms. The molecule has 6 heteroatoms. The van der Waals surface area contributed by atoms with Gasteiger partial charge in [-0.2, -0.15) is 0 Å². The van der Waals surface area contributed by atoms with Crippen LogP contribution < -0.4 is 10.2 Å². The third-order valence-corrected chi connectivity index (χ3v) is 2.85. The van der Waals surface area contributed by atoms with Gasteiger partial charge in [-0.1, -0.05) is 12.1 Å². The molecule has 0 radical (unpaired) electrons. The first-order valence-electron chi connectivity index (χ1n) is 6.48. The summed E-state index contributed by atoms with van der Waals surface area (Å²) in [5.41, 5.74) is 1.83. The highest BCUT2D eigenvalue weighted by molar-refractivity contribution is 5.92. The lowest BCUT2D eigenvalue weighted by Crippen LogP contribution is -2.41. The minimum Gasteiger partial charge on any atom is -0.479 e. The molecule has 1 aromatic rings. The number of amides is 2. The second-order valence-electron chi connectivity index (χ2n) is 4.46. The number of nitrogens with zero attached hydrogens (tertiary/aromatic N) is 1. The first-order valence-corrected chi connectivity index (χ1v) is 6.48. The van der Waals surface area contributed by atoms with E-state index >= 15 is 0 Å². The lowest BCUT2D eigenvalue weighted by atomic mass is 10.2. The monoisotopic (exact) mass is 280 g/mol. The predicted octanol–water partition coefficient (Wildman–Crippen LogP) is 1.37. The Kier molecular flexibility index (Phi) is 5.99. The van der Waals surface area contributed by atoms with Gasteiger partial charge < -0.3 is 15.5 Å². The topological polar surface area (TPSA) is 89.9 Å². The average Bonchev–Trinajstić information content (AvgIpc) is 2.39. The molecule has 3 N–H and O–H groups in total. The molecule has 0 aliphatic rings. The van der Waals surface area contributed by atoms with E-state index in [9.17, 15) is 9.59 Å². The van der Waals surface area contributed by atoms with Crippen LogP contribution in [0.15, 0.2) is 24.3 Å². The van der Waals surface area contributed by atoms with Gasteiger partial charge in [0.1, 0.15) is 0 Å². The minimum absolute atomic E-state index is 0.0214. The van der Waals surface area contributed by atoms with Crippen molar-refractivity contribution < 1.29 is 19.8 Å². The number of urea groups is 1. The molecule has 20 heavy (non-hydrogen) atoms. The van der Waals surface area contributed by atoms with Gasteiger partial charge in [0.2, 0.25) is 0 Å². The Labute approximate surface area is 118 Å². The van der Waals surface area contributed by atoms with Gasteiger partial charge in [0.25, 0.3) is 0 Å². The van der Waals surface area contributed by atoms with Crippen LogP contribution in [-0.4, -0.2) is 41.4 Å². The van der Waals surface area contributed by atoms with Gasteiger partial charge in [0.05, 0.1) is 0 Å². The zero-order valence-electron chi connectivity index (χ0n) is 11.7. The molecular formula is C14H20N2O4. The summed E-state index contributed by atoms with van der Waals surface area (Å²) < 4.78 is 0. The van der Waals surface area contributed by atoms with Crippen molar-refractivity contribution in [3.05, 3.63) is 29.8 Å². The molecule has 1 atom stereocenters. The molecular weight excluding hydrogens is 260 g/mol. The van der Waals surface area contributed by atoms with E-state index in [2.05, 4.69) is 5.32 Å². The number of rotatable bonds is 6. The molecule has 0 aliphatic carbocycles. The average molecular weight is 280 g/mol. The number of benzene rings is 1. The molecule has 2 amide bonds. The lowest BCUT2D eigenvalue weighted by molar-refractivity contribution is -0.146. The summed E-state index contributed by atoms with van der Waals surface area (Å²) in [6, 6.07) is 7.24. The Balaban J connectivity index is 2.58. The fourth-order valence-electron chi connectivity index (χ4n) is 1.77. The fraction of sp³-hybridized carbons (Fsp3) is 0.429. The van der Waals surface area contributed by atoms with Crippen molar-refractivity contribution in [2.75, 3.05) is 18.0 Å². The second kappa shape index (κ2) is 7.49. The summed E-state index contributed by atoms with van der Waals surface area (Å²) in [5, 5.41) is 20.3. The molecule has 0 aliphatic heterocycles. The molecule has 6 nitrogen and oxygen atoms in total. The maximum absolute atomic E-state index is 12.0. The van der Waals surface area contributed by atoms with Crippen molar-refractivity contribution in [3.63, 3.8) is 0 Å². The number of carbonyl (C=O) groups excluding carboxylic acids is 1. The van der Waals surface area contributed by atoms with Crippen LogP contribution in [0.5, 0.6) is 0 Å². The number of hydrogen-bond donors (Lipinski definition) is 3. The summed E-state index contributed by atoms with van der Waals surface area (Å²) in [6.07, 6.45) is -1.48. The molecule has 0 saturated carbocycles. The van der Waals surface area contributed by atoms with E-state index in [1.165, 1.54) is 0 Å². The molecule has 110 valence electrons. The maximum atomic E-state index is 12.0. The Bertz CT molecular complexity index is 476.